The summed E-state index contributed by atoms with van der Waals surface area (Å²) in [6, 6.07) is 16.5. The lowest BCUT2D eigenvalue weighted by molar-refractivity contribution is 0.0729. The van der Waals surface area contributed by atoms with Crippen LogP contribution in [0.5, 0.6) is 11.5 Å². The van der Waals surface area contributed by atoms with Gasteiger partial charge in [-0.2, -0.15) is 5.10 Å². The van der Waals surface area contributed by atoms with Crippen LogP contribution in [0.15, 0.2) is 65.8 Å². The molecule has 3 aromatic carbocycles. The maximum Gasteiger partial charge on any atom is 0.343 e. The van der Waals surface area contributed by atoms with Crippen LogP contribution in [0.3, 0.4) is 0 Å². The summed E-state index contributed by atoms with van der Waals surface area (Å²) in [5.74, 6) is -0.375. The van der Waals surface area contributed by atoms with Crippen LogP contribution >= 0.6 is 23.2 Å². The third-order valence-corrected chi connectivity index (χ3v) is 5.05. The zero-order valence-electron chi connectivity index (χ0n) is 16.7. The van der Waals surface area contributed by atoms with Gasteiger partial charge in [-0.15, -0.1) is 0 Å². The zero-order valence-corrected chi connectivity index (χ0v) is 18.2. The maximum absolute atomic E-state index is 12.4. The van der Waals surface area contributed by atoms with Crippen LogP contribution in [-0.4, -0.2) is 25.2 Å². The number of hydrazone groups is 1. The highest BCUT2D eigenvalue weighted by Gasteiger charge is 2.14. The summed E-state index contributed by atoms with van der Waals surface area (Å²) in [6.07, 6.45) is 1.46. The molecule has 0 aliphatic rings. The predicted octanol–water partition coefficient (Wildman–Crippen LogP) is 5.29. The minimum Gasteiger partial charge on any atom is -0.493 e. The number of esters is 1. The number of hydrogen-bond donors (Lipinski definition) is 1. The first-order valence-electron chi connectivity index (χ1n) is 9.13. The van der Waals surface area contributed by atoms with Crippen molar-refractivity contribution in [3.05, 3.63) is 93.0 Å². The minimum absolute atomic E-state index is 0.222. The highest BCUT2D eigenvalue weighted by molar-refractivity contribution is 6.42. The minimum atomic E-state index is -0.608. The van der Waals surface area contributed by atoms with Gasteiger partial charge in [-0.1, -0.05) is 41.4 Å². The normalized spacial score (nSPS) is 10.7. The number of benzene rings is 3. The smallest absolute Gasteiger partial charge is 0.343 e. The van der Waals surface area contributed by atoms with Gasteiger partial charge < -0.3 is 9.47 Å². The molecule has 0 radical (unpaired) electrons. The van der Waals surface area contributed by atoms with E-state index in [1.165, 1.54) is 31.5 Å². The van der Waals surface area contributed by atoms with Crippen molar-refractivity contribution in [3.63, 3.8) is 0 Å². The second-order valence-electron chi connectivity index (χ2n) is 6.44. The quantitative estimate of drug-likeness (QED) is 0.236. The van der Waals surface area contributed by atoms with Gasteiger partial charge in [-0.25, -0.2) is 10.2 Å². The molecule has 0 aliphatic heterocycles. The number of hydrogen-bond acceptors (Lipinski definition) is 5. The van der Waals surface area contributed by atoms with Crippen molar-refractivity contribution in [2.75, 3.05) is 7.11 Å². The molecule has 6 nitrogen and oxygen atoms in total. The monoisotopic (exact) mass is 456 g/mol. The first-order valence-corrected chi connectivity index (χ1v) is 9.89. The molecule has 0 spiro atoms. The van der Waals surface area contributed by atoms with Crippen molar-refractivity contribution in [3.8, 4) is 11.5 Å². The van der Waals surface area contributed by atoms with E-state index in [1.54, 1.807) is 30.3 Å². The second kappa shape index (κ2) is 10.1. The Labute approximate surface area is 189 Å². The standard InChI is InChI=1S/C23H18Cl2N2O4/c1-14-5-3-4-6-17(14)22(28)27-26-13-15-7-10-20(21(11-15)30-2)31-23(29)16-8-9-18(24)19(25)12-16/h3-13H,1-2H3,(H,27,28). The number of methoxy groups -OCH3 is 1. The molecule has 1 amide bonds. The van der Waals surface area contributed by atoms with Crippen molar-refractivity contribution >= 4 is 41.3 Å². The van der Waals surface area contributed by atoms with Crippen molar-refractivity contribution in [2.24, 2.45) is 5.10 Å². The van der Waals surface area contributed by atoms with E-state index in [9.17, 15) is 9.59 Å². The number of rotatable bonds is 6. The van der Waals surface area contributed by atoms with Crippen molar-refractivity contribution in [1.82, 2.24) is 5.43 Å². The number of amides is 1. The zero-order chi connectivity index (χ0) is 22.4. The summed E-state index contributed by atoms with van der Waals surface area (Å²) in [5.41, 5.74) is 4.77. The number of ether oxygens (including phenoxy) is 2. The number of carbonyl (C=O) groups is 2. The average Bonchev–Trinajstić information content (AvgIpc) is 2.76. The molecule has 31 heavy (non-hydrogen) atoms. The molecule has 0 unspecified atom stereocenters. The second-order valence-corrected chi connectivity index (χ2v) is 7.26. The van der Waals surface area contributed by atoms with Gasteiger partial charge in [0.05, 0.1) is 28.9 Å². The number of halogens is 2. The molecule has 0 saturated carbocycles. The Morgan fingerprint density at radius 2 is 1.74 bits per heavy atom. The lowest BCUT2D eigenvalue weighted by Gasteiger charge is -2.10. The van der Waals surface area contributed by atoms with E-state index in [1.807, 2.05) is 19.1 Å². The summed E-state index contributed by atoms with van der Waals surface area (Å²) in [7, 11) is 1.45. The predicted molar refractivity (Wildman–Crippen MR) is 121 cm³/mol. The van der Waals surface area contributed by atoms with E-state index in [2.05, 4.69) is 10.5 Å². The fourth-order valence-corrected chi connectivity index (χ4v) is 2.98. The summed E-state index contributed by atoms with van der Waals surface area (Å²) in [4.78, 5) is 24.6. The Kier molecular flexibility index (Phi) is 7.28. The molecule has 0 saturated heterocycles. The van der Waals surface area contributed by atoms with Crippen LogP contribution in [0.4, 0.5) is 0 Å². The Morgan fingerprint density at radius 1 is 0.968 bits per heavy atom. The lowest BCUT2D eigenvalue weighted by Crippen LogP contribution is -2.18. The first-order chi connectivity index (χ1) is 14.9. The molecule has 0 aromatic heterocycles. The summed E-state index contributed by atoms with van der Waals surface area (Å²) in [6.45, 7) is 1.85. The largest absolute Gasteiger partial charge is 0.493 e. The Hall–Kier alpha value is -3.35. The fraction of sp³-hybridized carbons (Fsp3) is 0.0870. The molecule has 3 aromatic rings. The average molecular weight is 457 g/mol. The van der Waals surface area contributed by atoms with Crippen LogP contribution in [0.2, 0.25) is 10.0 Å². The molecular weight excluding hydrogens is 439 g/mol. The number of aryl methyl sites for hydroxylation is 1. The van der Waals surface area contributed by atoms with Gasteiger partial charge in [-0.3, -0.25) is 4.79 Å². The maximum atomic E-state index is 12.4. The highest BCUT2D eigenvalue weighted by Crippen LogP contribution is 2.29. The Balaban J connectivity index is 1.70. The van der Waals surface area contributed by atoms with Gasteiger partial charge >= 0.3 is 5.97 Å². The Bertz CT molecular complexity index is 1160. The van der Waals surface area contributed by atoms with E-state index >= 15 is 0 Å². The molecule has 3 rings (SSSR count). The van der Waals surface area contributed by atoms with E-state index in [0.29, 0.717) is 21.9 Å². The lowest BCUT2D eigenvalue weighted by atomic mass is 10.1. The molecule has 0 fully saturated rings. The fourth-order valence-electron chi connectivity index (χ4n) is 2.68. The van der Waals surface area contributed by atoms with Gasteiger partial charge in [0.2, 0.25) is 0 Å². The molecule has 0 atom stereocenters. The topological polar surface area (TPSA) is 77.0 Å². The van der Waals surface area contributed by atoms with E-state index < -0.39 is 5.97 Å². The van der Waals surface area contributed by atoms with Crippen LogP contribution in [0.1, 0.15) is 31.8 Å². The van der Waals surface area contributed by atoms with E-state index in [4.69, 9.17) is 32.7 Å². The van der Waals surface area contributed by atoms with Gasteiger partial charge in [-0.05, 0) is 60.5 Å². The molecule has 0 heterocycles. The molecule has 8 heteroatoms. The van der Waals surface area contributed by atoms with E-state index in [0.717, 1.165) is 5.56 Å². The summed E-state index contributed by atoms with van der Waals surface area (Å²) >= 11 is 11.8. The Morgan fingerprint density at radius 3 is 2.45 bits per heavy atom. The molecule has 1 N–H and O–H groups in total. The van der Waals surface area contributed by atoms with Crippen LogP contribution in [0, 0.1) is 6.92 Å². The van der Waals surface area contributed by atoms with Crippen LogP contribution in [-0.2, 0) is 0 Å². The number of nitrogens with one attached hydrogen (secondary N) is 1. The summed E-state index contributed by atoms with van der Waals surface area (Å²) in [5, 5.41) is 4.57. The molecule has 0 aliphatic carbocycles. The van der Waals surface area contributed by atoms with Crippen molar-refractivity contribution in [1.29, 1.82) is 0 Å². The van der Waals surface area contributed by atoms with Gasteiger partial charge in [0, 0.05) is 5.56 Å². The third kappa shape index (κ3) is 5.63. The first kappa shape index (κ1) is 22.3. The number of nitrogens with zero attached hydrogens (tertiary/aromatic N) is 1. The molecule has 158 valence electrons. The summed E-state index contributed by atoms with van der Waals surface area (Å²) < 4.78 is 10.7. The van der Waals surface area contributed by atoms with Crippen LogP contribution in [0.25, 0.3) is 0 Å². The number of carbonyl (C=O) groups excluding carboxylic acids is 2. The third-order valence-electron chi connectivity index (χ3n) is 4.32. The van der Waals surface area contributed by atoms with Crippen molar-refractivity contribution in [2.45, 2.75) is 6.92 Å². The van der Waals surface area contributed by atoms with Gasteiger partial charge in [0.15, 0.2) is 11.5 Å². The van der Waals surface area contributed by atoms with Gasteiger partial charge in [0.25, 0.3) is 5.91 Å². The molecular formula is C23H18Cl2N2O4. The van der Waals surface area contributed by atoms with Crippen molar-refractivity contribution < 1.29 is 19.1 Å². The molecule has 0 bridgehead atoms. The SMILES string of the molecule is COc1cc(C=NNC(=O)c2ccccc2C)ccc1OC(=O)c1ccc(Cl)c(Cl)c1. The van der Waals surface area contributed by atoms with Crippen LogP contribution < -0.4 is 14.9 Å². The van der Waals surface area contributed by atoms with Gasteiger partial charge in [0.1, 0.15) is 0 Å². The highest BCUT2D eigenvalue weighted by atomic mass is 35.5. The van der Waals surface area contributed by atoms with E-state index in [-0.39, 0.29) is 22.2 Å².